The summed E-state index contributed by atoms with van der Waals surface area (Å²) in [4.78, 5) is 12.7. The van der Waals surface area contributed by atoms with Crippen LogP contribution in [0.1, 0.15) is 90.9 Å². The summed E-state index contributed by atoms with van der Waals surface area (Å²) in [5, 5.41) is 35.5. The third-order valence-electron chi connectivity index (χ3n) is 10.7. The Bertz CT molecular complexity index is 1470. The van der Waals surface area contributed by atoms with E-state index in [1.165, 1.54) is 17.2 Å². The van der Waals surface area contributed by atoms with Gasteiger partial charge in [0.15, 0.2) is 0 Å². The largest absolute Gasteiger partial charge is 0.507 e. The molecule has 6 rings (SSSR count). The number of benzene rings is 3. The number of hydrogen-bond acceptors (Lipinski definition) is 7. The van der Waals surface area contributed by atoms with Gasteiger partial charge in [0.25, 0.3) is 0 Å². The fraction of sp³-hybridized carbons (Fsp3) is 0.486. The first-order valence-electron chi connectivity index (χ1n) is 16.2. The Balaban J connectivity index is 1.06. The van der Waals surface area contributed by atoms with Crippen molar-refractivity contribution in [2.75, 3.05) is 6.61 Å². The number of carbonyl (C=O) groups is 1. The van der Waals surface area contributed by atoms with E-state index in [2.05, 4.69) is 37.4 Å². The second-order valence-electron chi connectivity index (χ2n) is 13.2. The molecule has 7 heteroatoms. The lowest BCUT2D eigenvalue weighted by Crippen LogP contribution is -2.46. The summed E-state index contributed by atoms with van der Waals surface area (Å²) < 4.78 is 11.2. The number of nitrogens with one attached hydrogen (secondary N) is 1. The molecule has 3 aliphatic rings. The van der Waals surface area contributed by atoms with E-state index in [9.17, 15) is 20.1 Å². The molecular weight excluding hydrogens is 554 g/mol. The molecule has 3 unspecified atom stereocenters. The highest BCUT2D eigenvalue weighted by Gasteiger charge is 2.57. The molecule has 0 aromatic heterocycles. The molecule has 2 fully saturated rings. The van der Waals surface area contributed by atoms with Crippen LogP contribution in [0.3, 0.4) is 0 Å². The summed E-state index contributed by atoms with van der Waals surface area (Å²) >= 11 is 0. The molecule has 3 aromatic carbocycles. The van der Waals surface area contributed by atoms with Gasteiger partial charge in [-0.3, -0.25) is 0 Å². The minimum absolute atomic E-state index is 0.0461. The van der Waals surface area contributed by atoms with Gasteiger partial charge in [0.05, 0.1) is 24.9 Å². The fourth-order valence-corrected chi connectivity index (χ4v) is 8.14. The summed E-state index contributed by atoms with van der Waals surface area (Å²) in [6.07, 6.45) is 6.67. The van der Waals surface area contributed by atoms with E-state index in [-0.39, 0.29) is 29.6 Å². The Morgan fingerprint density at radius 3 is 2.59 bits per heavy atom. The number of phenolic OH excluding ortho intramolecular Hbond substituents is 1. The maximum atomic E-state index is 12.7. The highest BCUT2D eigenvalue weighted by atomic mass is 16.5. The number of rotatable bonds is 10. The quantitative estimate of drug-likeness (QED) is 0.124. The standard InChI is InChI=1S/C37H45NO6/c1-3-4-17-43-27-10-6-24(7-11-27)36(42)44-28-12-8-26(34(40)19-28)21-38-33-20-32-31-14-9-25-18-23(22-39)5-13-29(25)30(31)15-16-37(32,2)35(33)41/h5-8,10-13,18-19,30-33,35,38-41H,3-4,9,14-17,20-22H2,1-2H3/t30?,31?,32?,33-,35-,37-/m0/s1. The van der Waals surface area contributed by atoms with Crippen LogP contribution in [0.4, 0.5) is 0 Å². The Kier molecular flexibility index (Phi) is 8.99. The molecular formula is C37H45NO6. The monoisotopic (exact) mass is 599 g/mol. The maximum Gasteiger partial charge on any atom is 0.343 e. The smallest absolute Gasteiger partial charge is 0.343 e. The van der Waals surface area contributed by atoms with Gasteiger partial charge in [0, 0.05) is 24.2 Å². The molecule has 0 bridgehead atoms. The molecule has 0 saturated heterocycles. The Morgan fingerprint density at radius 1 is 1.05 bits per heavy atom. The highest BCUT2D eigenvalue weighted by molar-refractivity contribution is 5.91. The number of aromatic hydroxyl groups is 1. The van der Waals surface area contributed by atoms with Crippen molar-refractivity contribution in [1.29, 1.82) is 0 Å². The predicted octanol–water partition coefficient (Wildman–Crippen LogP) is 6.27. The van der Waals surface area contributed by atoms with Crippen LogP contribution < -0.4 is 14.8 Å². The zero-order chi connectivity index (χ0) is 30.8. The molecule has 4 N–H and O–H groups in total. The molecule has 2 saturated carbocycles. The number of fused-ring (bicyclic) bond motifs is 5. The topological polar surface area (TPSA) is 108 Å². The number of aliphatic hydroxyl groups is 2. The minimum atomic E-state index is -0.502. The number of aliphatic hydroxyl groups excluding tert-OH is 2. The van der Waals surface area contributed by atoms with Gasteiger partial charge in [-0.15, -0.1) is 0 Å². The molecule has 0 amide bonds. The first-order valence-corrected chi connectivity index (χ1v) is 16.2. The minimum Gasteiger partial charge on any atom is -0.507 e. The number of phenols is 1. The van der Waals surface area contributed by atoms with E-state index in [1.807, 2.05) is 0 Å². The van der Waals surface area contributed by atoms with Gasteiger partial charge in [-0.25, -0.2) is 4.79 Å². The van der Waals surface area contributed by atoms with Crippen LogP contribution in [0.5, 0.6) is 17.2 Å². The van der Waals surface area contributed by atoms with Crippen LogP contribution in [-0.2, 0) is 19.6 Å². The zero-order valence-electron chi connectivity index (χ0n) is 25.8. The third-order valence-corrected chi connectivity index (χ3v) is 10.7. The van der Waals surface area contributed by atoms with Crippen molar-refractivity contribution < 1.29 is 29.6 Å². The van der Waals surface area contributed by atoms with Crippen molar-refractivity contribution in [3.8, 4) is 17.2 Å². The molecule has 7 nitrogen and oxygen atoms in total. The molecule has 0 aliphatic heterocycles. The van der Waals surface area contributed by atoms with Gasteiger partial charge in [0.2, 0.25) is 0 Å². The molecule has 0 radical (unpaired) electrons. The normalized spacial score (nSPS) is 27.2. The predicted molar refractivity (Wildman–Crippen MR) is 169 cm³/mol. The number of aryl methyl sites for hydroxylation is 1. The molecule has 0 spiro atoms. The molecule has 44 heavy (non-hydrogen) atoms. The average molecular weight is 600 g/mol. The van der Waals surface area contributed by atoms with Crippen molar-refractivity contribution in [3.05, 3.63) is 88.5 Å². The van der Waals surface area contributed by atoms with Gasteiger partial charge in [0.1, 0.15) is 17.2 Å². The SMILES string of the molecule is CCCCOc1ccc(C(=O)Oc2ccc(CN[C@H]3CC4C5CCc6cc(CO)ccc6C5CC[C@]4(C)[C@H]3O)c(O)c2)cc1. The molecule has 0 heterocycles. The lowest BCUT2D eigenvalue weighted by molar-refractivity contribution is -0.0281. The van der Waals surface area contributed by atoms with Gasteiger partial charge in [-0.05, 0) is 109 Å². The Morgan fingerprint density at radius 2 is 1.84 bits per heavy atom. The van der Waals surface area contributed by atoms with Crippen molar-refractivity contribution in [2.24, 2.45) is 17.3 Å². The summed E-state index contributed by atoms with van der Waals surface area (Å²) in [6, 6.07) is 18.2. The van der Waals surface area contributed by atoms with Crippen molar-refractivity contribution in [1.82, 2.24) is 5.32 Å². The first-order chi connectivity index (χ1) is 21.3. The molecule has 234 valence electrons. The van der Waals surface area contributed by atoms with Crippen molar-refractivity contribution >= 4 is 5.97 Å². The van der Waals surface area contributed by atoms with E-state index in [1.54, 1.807) is 36.4 Å². The van der Waals surface area contributed by atoms with Crippen LogP contribution >= 0.6 is 0 Å². The number of hydrogen-bond donors (Lipinski definition) is 4. The molecule has 3 aliphatic carbocycles. The van der Waals surface area contributed by atoms with Crippen molar-refractivity contribution in [3.63, 3.8) is 0 Å². The second-order valence-corrected chi connectivity index (χ2v) is 13.2. The fourth-order valence-electron chi connectivity index (χ4n) is 8.14. The van der Waals surface area contributed by atoms with Gasteiger partial charge >= 0.3 is 5.97 Å². The van der Waals surface area contributed by atoms with Crippen LogP contribution in [0.25, 0.3) is 0 Å². The number of unbranched alkanes of at least 4 members (excludes halogenated alkanes) is 1. The lowest BCUT2D eigenvalue weighted by Gasteiger charge is -2.50. The lowest BCUT2D eigenvalue weighted by atomic mass is 9.55. The Labute approximate surface area is 260 Å². The van der Waals surface area contributed by atoms with E-state index >= 15 is 0 Å². The van der Waals surface area contributed by atoms with E-state index in [0.717, 1.165) is 50.5 Å². The number of ether oxygens (including phenoxy) is 2. The zero-order valence-corrected chi connectivity index (χ0v) is 25.8. The van der Waals surface area contributed by atoms with E-state index < -0.39 is 12.1 Å². The van der Waals surface area contributed by atoms with Gasteiger partial charge < -0.3 is 30.1 Å². The summed E-state index contributed by atoms with van der Waals surface area (Å²) in [5.74, 6) is 2.00. The van der Waals surface area contributed by atoms with Crippen molar-refractivity contribution in [2.45, 2.75) is 90.0 Å². The Hall–Kier alpha value is -3.39. The summed E-state index contributed by atoms with van der Waals surface area (Å²) in [6.45, 7) is 5.50. The number of carbonyl (C=O) groups excluding carboxylic acids is 1. The van der Waals surface area contributed by atoms with Gasteiger partial charge in [-0.1, -0.05) is 44.5 Å². The van der Waals surface area contributed by atoms with Crippen LogP contribution in [0.15, 0.2) is 60.7 Å². The van der Waals surface area contributed by atoms with Crippen LogP contribution in [-0.4, -0.2) is 40.0 Å². The average Bonchev–Trinajstić information content (AvgIpc) is 3.30. The number of esters is 1. The third kappa shape index (κ3) is 5.97. The second kappa shape index (κ2) is 12.9. The molecule has 6 atom stereocenters. The van der Waals surface area contributed by atoms with E-state index in [4.69, 9.17) is 9.47 Å². The van der Waals surface area contributed by atoms with Crippen LogP contribution in [0.2, 0.25) is 0 Å². The summed E-state index contributed by atoms with van der Waals surface area (Å²) in [5.41, 5.74) is 4.75. The maximum absolute atomic E-state index is 12.7. The summed E-state index contributed by atoms with van der Waals surface area (Å²) in [7, 11) is 0. The highest BCUT2D eigenvalue weighted by Crippen LogP contribution is 2.61. The molecule has 3 aromatic rings. The van der Waals surface area contributed by atoms with Crippen LogP contribution in [0, 0.1) is 17.3 Å². The first kappa shape index (κ1) is 30.6. The van der Waals surface area contributed by atoms with E-state index in [0.29, 0.717) is 47.8 Å². The van der Waals surface area contributed by atoms with Gasteiger partial charge in [-0.2, -0.15) is 0 Å².